The van der Waals surface area contributed by atoms with Gasteiger partial charge in [0.25, 0.3) is 0 Å². The highest BCUT2D eigenvalue weighted by atomic mass is 32.2. The highest BCUT2D eigenvalue weighted by Gasteiger charge is 2.28. The van der Waals surface area contributed by atoms with Crippen molar-refractivity contribution in [1.29, 1.82) is 0 Å². The molecule has 1 amide bonds. The van der Waals surface area contributed by atoms with Gasteiger partial charge >= 0.3 is 5.76 Å². The molecule has 5 rings (SSSR count). The van der Waals surface area contributed by atoms with E-state index in [1.54, 1.807) is 24.4 Å². The zero-order valence-electron chi connectivity index (χ0n) is 18.2. The Labute approximate surface area is 195 Å². The molecule has 1 aliphatic rings. The number of aryl methyl sites for hydroxylation is 1. The van der Waals surface area contributed by atoms with Gasteiger partial charge in [-0.2, -0.15) is 9.40 Å². The van der Waals surface area contributed by atoms with Crippen molar-refractivity contribution in [2.75, 3.05) is 18.4 Å². The smallest absolute Gasteiger partial charge is 0.408 e. The molecule has 2 N–H and O–H groups in total. The van der Waals surface area contributed by atoms with Crippen LogP contribution in [0.2, 0.25) is 0 Å². The molecule has 2 aromatic carbocycles. The standard InChI is InChI=1S/C23H23N5O5S/c29-22(25-17-5-3-16(4-6-17)19-9-11-24-26-19)10-14-28-20-8-7-18(15-21(20)33-23(28)30)34(31,32)27-12-1-2-13-27/h3-9,11,15H,1-2,10,12-14H2,(H,24,26)(H,25,29). The van der Waals surface area contributed by atoms with Crippen LogP contribution in [0.1, 0.15) is 19.3 Å². The number of oxazole rings is 1. The summed E-state index contributed by atoms with van der Waals surface area (Å²) in [6, 6.07) is 13.6. The maximum absolute atomic E-state index is 12.8. The number of aromatic nitrogens is 3. The van der Waals surface area contributed by atoms with Crippen LogP contribution in [0.4, 0.5) is 5.69 Å². The third-order valence-corrected chi connectivity index (χ3v) is 7.78. The Bertz CT molecular complexity index is 1480. The minimum absolute atomic E-state index is 0.0463. The van der Waals surface area contributed by atoms with Crippen molar-refractivity contribution in [3.8, 4) is 11.3 Å². The number of nitrogens with zero attached hydrogens (tertiary/aromatic N) is 3. The van der Waals surface area contributed by atoms with Crippen LogP contribution in [0.25, 0.3) is 22.4 Å². The molecule has 0 radical (unpaired) electrons. The largest absolute Gasteiger partial charge is 0.419 e. The number of aromatic amines is 1. The monoisotopic (exact) mass is 481 g/mol. The lowest BCUT2D eigenvalue weighted by molar-refractivity contribution is -0.116. The SMILES string of the molecule is O=C(CCn1c(=O)oc2cc(S(=O)(=O)N3CCCC3)ccc21)Nc1ccc(-c2ccn[nH]2)cc1. The molecule has 11 heteroatoms. The fourth-order valence-corrected chi connectivity index (χ4v) is 5.62. The van der Waals surface area contributed by atoms with E-state index in [1.807, 2.05) is 18.2 Å². The Hall–Kier alpha value is -3.70. The van der Waals surface area contributed by atoms with Gasteiger partial charge in [0.15, 0.2) is 5.58 Å². The lowest BCUT2D eigenvalue weighted by Gasteiger charge is -2.15. The average Bonchev–Trinajstić information content (AvgIpc) is 3.59. The first-order valence-corrected chi connectivity index (χ1v) is 12.4. The minimum Gasteiger partial charge on any atom is -0.408 e. The number of rotatable bonds is 7. The maximum Gasteiger partial charge on any atom is 0.419 e. The average molecular weight is 482 g/mol. The predicted octanol–water partition coefficient (Wildman–Crippen LogP) is 2.80. The zero-order chi connectivity index (χ0) is 23.7. The molecule has 1 saturated heterocycles. The van der Waals surface area contributed by atoms with Crippen molar-refractivity contribution < 1.29 is 17.6 Å². The molecule has 0 unspecified atom stereocenters. The summed E-state index contributed by atoms with van der Waals surface area (Å²) in [5.41, 5.74) is 3.08. The van der Waals surface area contributed by atoms with Gasteiger partial charge in [0.2, 0.25) is 15.9 Å². The molecule has 34 heavy (non-hydrogen) atoms. The number of benzene rings is 2. The summed E-state index contributed by atoms with van der Waals surface area (Å²) in [6.07, 6.45) is 3.39. The molecule has 0 atom stereocenters. The first-order chi connectivity index (χ1) is 16.4. The summed E-state index contributed by atoms with van der Waals surface area (Å²) < 4.78 is 33.6. The van der Waals surface area contributed by atoms with Crippen molar-refractivity contribution in [1.82, 2.24) is 19.1 Å². The Morgan fingerprint density at radius 2 is 1.85 bits per heavy atom. The number of carbonyl (C=O) groups is 1. The normalized spacial score (nSPS) is 14.6. The second-order valence-electron chi connectivity index (χ2n) is 8.11. The maximum atomic E-state index is 12.8. The lowest BCUT2D eigenvalue weighted by Crippen LogP contribution is -2.27. The van der Waals surface area contributed by atoms with Crippen LogP contribution in [0.3, 0.4) is 0 Å². The number of anilines is 1. The van der Waals surface area contributed by atoms with Crippen LogP contribution >= 0.6 is 0 Å². The van der Waals surface area contributed by atoms with Gasteiger partial charge in [0.05, 0.1) is 16.1 Å². The van der Waals surface area contributed by atoms with Crippen molar-refractivity contribution in [3.05, 3.63) is 65.3 Å². The molecule has 10 nitrogen and oxygen atoms in total. The van der Waals surface area contributed by atoms with Gasteiger partial charge in [0, 0.05) is 44.0 Å². The summed E-state index contributed by atoms with van der Waals surface area (Å²) in [7, 11) is -3.62. The fourth-order valence-electron chi connectivity index (χ4n) is 4.08. The Morgan fingerprint density at radius 3 is 2.56 bits per heavy atom. The van der Waals surface area contributed by atoms with Gasteiger partial charge in [-0.25, -0.2) is 13.2 Å². The molecule has 4 aromatic rings. The molecule has 3 heterocycles. The van der Waals surface area contributed by atoms with Crippen LogP contribution < -0.4 is 11.1 Å². The summed E-state index contributed by atoms with van der Waals surface area (Å²) >= 11 is 0. The number of amides is 1. The van der Waals surface area contributed by atoms with E-state index in [2.05, 4.69) is 15.5 Å². The van der Waals surface area contributed by atoms with Crippen molar-refractivity contribution >= 4 is 32.7 Å². The summed E-state index contributed by atoms with van der Waals surface area (Å²) in [5, 5.41) is 9.61. The Balaban J connectivity index is 1.27. The molecule has 0 bridgehead atoms. The quantitative estimate of drug-likeness (QED) is 0.417. The van der Waals surface area contributed by atoms with Gasteiger partial charge in [-0.3, -0.25) is 14.5 Å². The first-order valence-electron chi connectivity index (χ1n) is 10.9. The van der Waals surface area contributed by atoms with E-state index in [4.69, 9.17) is 4.42 Å². The molecule has 0 spiro atoms. The van der Waals surface area contributed by atoms with E-state index in [1.165, 1.54) is 21.0 Å². The van der Waals surface area contributed by atoms with Crippen LogP contribution in [-0.2, 0) is 21.4 Å². The minimum atomic E-state index is -3.62. The fraction of sp³-hybridized carbons (Fsp3) is 0.261. The van der Waals surface area contributed by atoms with Gasteiger partial charge in [-0.05, 0) is 48.7 Å². The number of nitrogens with one attached hydrogen (secondary N) is 2. The van der Waals surface area contributed by atoms with E-state index in [0.717, 1.165) is 24.1 Å². The molecular weight excluding hydrogens is 458 g/mol. The summed E-state index contributed by atoms with van der Waals surface area (Å²) in [5.74, 6) is -0.897. The van der Waals surface area contributed by atoms with Crippen LogP contribution in [0.5, 0.6) is 0 Å². The van der Waals surface area contributed by atoms with Gasteiger partial charge in [-0.15, -0.1) is 0 Å². The van der Waals surface area contributed by atoms with Gasteiger partial charge in [0.1, 0.15) is 0 Å². The van der Waals surface area contributed by atoms with Gasteiger partial charge in [-0.1, -0.05) is 12.1 Å². The third-order valence-electron chi connectivity index (χ3n) is 5.89. The Morgan fingerprint density at radius 1 is 1.09 bits per heavy atom. The molecule has 1 fully saturated rings. The van der Waals surface area contributed by atoms with Crippen molar-refractivity contribution in [2.45, 2.75) is 30.7 Å². The van der Waals surface area contributed by atoms with Crippen LogP contribution in [-0.4, -0.2) is 46.5 Å². The zero-order valence-corrected chi connectivity index (χ0v) is 19.0. The van der Waals surface area contributed by atoms with E-state index < -0.39 is 15.8 Å². The van der Waals surface area contributed by atoms with Crippen LogP contribution in [0, 0.1) is 0 Å². The number of fused-ring (bicyclic) bond motifs is 1. The van der Waals surface area contributed by atoms with E-state index >= 15 is 0 Å². The van der Waals surface area contributed by atoms with E-state index in [9.17, 15) is 18.0 Å². The third kappa shape index (κ3) is 4.27. The molecule has 0 saturated carbocycles. The molecule has 2 aromatic heterocycles. The number of hydrogen-bond donors (Lipinski definition) is 2. The number of sulfonamides is 1. The highest BCUT2D eigenvalue weighted by molar-refractivity contribution is 7.89. The topological polar surface area (TPSA) is 130 Å². The number of carbonyl (C=O) groups excluding carboxylic acids is 1. The molecule has 1 aliphatic heterocycles. The van der Waals surface area contributed by atoms with Gasteiger partial charge < -0.3 is 9.73 Å². The lowest BCUT2D eigenvalue weighted by atomic mass is 10.1. The second kappa shape index (κ2) is 8.92. The summed E-state index contributed by atoms with van der Waals surface area (Å²) in [6.45, 7) is 1.08. The molecular formula is C23H23N5O5S. The molecule has 176 valence electrons. The Kier molecular flexibility index (Phi) is 5.80. The van der Waals surface area contributed by atoms with Crippen molar-refractivity contribution in [3.63, 3.8) is 0 Å². The van der Waals surface area contributed by atoms with E-state index in [-0.39, 0.29) is 29.4 Å². The summed E-state index contributed by atoms with van der Waals surface area (Å²) in [4.78, 5) is 24.9. The predicted molar refractivity (Wildman–Crippen MR) is 126 cm³/mol. The number of H-pyrrole nitrogens is 1. The first kappa shape index (κ1) is 22.1. The van der Waals surface area contributed by atoms with E-state index in [0.29, 0.717) is 24.3 Å². The number of hydrogen-bond acceptors (Lipinski definition) is 6. The second-order valence-corrected chi connectivity index (χ2v) is 10.0. The highest BCUT2D eigenvalue weighted by Crippen LogP contribution is 2.24. The van der Waals surface area contributed by atoms with Crippen molar-refractivity contribution in [2.24, 2.45) is 0 Å². The van der Waals surface area contributed by atoms with Crippen LogP contribution in [0.15, 0.2) is 68.8 Å². The molecule has 0 aliphatic carbocycles.